The Labute approximate surface area is 226 Å². The standard InChI is InChI=1S/C31H21NS4/c1-30-25(19-12-6-8-14-22(19)35-30)27-28(26-20-13-7-9-15-23(20)36-31(26,30)2)34-29(32-27)24-17-16-21(33-24)18-10-4-3-5-11-18/h3-17H,1-2H3. The number of thiophene rings is 1. The van der Waals surface area contributed by atoms with E-state index in [0.29, 0.717) is 0 Å². The molecule has 0 saturated heterocycles. The Kier molecular flexibility index (Phi) is 4.47. The highest BCUT2D eigenvalue weighted by atomic mass is 32.2. The normalized spacial score (nSPS) is 23.2. The quantitative estimate of drug-likeness (QED) is 0.230. The van der Waals surface area contributed by atoms with E-state index in [4.69, 9.17) is 4.98 Å². The van der Waals surface area contributed by atoms with Crippen LogP contribution >= 0.6 is 46.2 Å². The van der Waals surface area contributed by atoms with Gasteiger partial charge in [0.2, 0.25) is 0 Å². The number of rotatable bonds is 2. The Balaban J connectivity index is 1.45. The van der Waals surface area contributed by atoms with E-state index in [0.717, 1.165) is 5.01 Å². The van der Waals surface area contributed by atoms with Gasteiger partial charge in [-0.3, -0.25) is 0 Å². The number of fused-ring (bicyclic) bond motifs is 8. The van der Waals surface area contributed by atoms with Crippen LogP contribution in [0.15, 0.2) is 101 Å². The lowest BCUT2D eigenvalue weighted by molar-refractivity contribution is 0.686. The van der Waals surface area contributed by atoms with Gasteiger partial charge in [-0.15, -0.1) is 46.2 Å². The van der Waals surface area contributed by atoms with Crippen LogP contribution in [0.25, 0.3) is 31.5 Å². The molecule has 5 heteroatoms. The molecule has 1 nitrogen and oxygen atoms in total. The van der Waals surface area contributed by atoms with E-state index in [9.17, 15) is 0 Å². The highest BCUT2D eigenvalue weighted by Crippen LogP contribution is 2.68. The van der Waals surface area contributed by atoms with E-state index in [1.807, 2.05) is 46.2 Å². The average Bonchev–Trinajstić information content (AvgIpc) is 3.66. The van der Waals surface area contributed by atoms with Gasteiger partial charge in [-0.2, -0.15) is 0 Å². The van der Waals surface area contributed by atoms with Crippen molar-refractivity contribution in [3.8, 4) is 20.3 Å². The summed E-state index contributed by atoms with van der Waals surface area (Å²) in [7, 11) is 0. The van der Waals surface area contributed by atoms with Crippen molar-refractivity contribution in [3.63, 3.8) is 0 Å². The molecule has 3 aliphatic rings. The molecule has 3 aromatic carbocycles. The summed E-state index contributed by atoms with van der Waals surface area (Å²) in [5.41, 5.74) is 6.88. The first kappa shape index (κ1) is 21.5. The predicted molar refractivity (Wildman–Crippen MR) is 157 cm³/mol. The lowest BCUT2D eigenvalue weighted by Crippen LogP contribution is -2.53. The third kappa shape index (κ3) is 2.72. The Hall–Kier alpha value is -2.57. The van der Waals surface area contributed by atoms with Crippen LogP contribution in [0.4, 0.5) is 0 Å². The average molecular weight is 536 g/mol. The molecule has 2 aromatic heterocycles. The maximum absolute atomic E-state index is 5.43. The molecule has 0 saturated carbocycles. The largest absolute Gasteiger partial charge is 0.235 e. The van der Waals surface area contributed by atoms with E-state index in [2.05, 4.69) is 105 Å². The lowest BCUT2D eigenvalue weighted by Gasteiger charge is -2.43. The van der Waals surface area contributed by atoms with Crippen molar-refractivity contribution >= 4 is 57.3 Å². The van der Waals surface area contributed by atoms with Crippen molar-refractivity contribution in [1.29, 1.82) is 0 Å². The topological polar surface area (TPSA) is 12.9 Å². The SMILES string of the molecule is CC12Sc3ccccc3C1=c1nc(-c3ccc(-c4ccccc4)s3)sc1=C1c3ccccc3SC12C. The van der Waals surface area contributed by atoms with Gasteiger partial charge in [-0.1, -0.05) is 66.7 Å². The van der Waals surface area contributed by atoms with Crippen LogP contribution in [-0.2, 0) is 0 Å². The van der Waals surface area contributed by atoms with Crippen molar-refractivity contribution in [1.82, 2.24) is 4.98 Å². The third-order valence-electron chi connectivity index (χ3n) is 7.77. The maximum atomic E-state index is 5.43. The Bertz CT molecular complexity index is 1730. The van der Waals surface area contributed by atoms with Gasteiger partial charge in [0, 0.05) is 20.2 Å². The monoisotopic (exact) mass is 535 g/mol. The molecule has 0 bridgehead atoms. The van der Waals surface area contributed by atoms with E-state index in [1.54, 1.807) is 0 Å². The number of thiazole rings is 1. The zero-order valence-electron chi connectivity index (χ0n) is 19.7. The van der Waals surface area contributed by atoms with Crippen molar-refractivity contribution in [2.45, 2.75) is 33.1 Å². The smallest absolute Gasteiger partial charge is 0.134 e. The second kappa shape index (κ2) is 7.48. The zero-order valence-corrected chi connectivity index (χ0v) is 23.0. The van der Waals surface area contributed by atoms with Crippen molar-refractivity contribution in [2.75, 3.05) is 0 Å². The highest BCUT2D eigenvalue weighted by molar-refractivity contribution is 8.06. The minimum Gasteiger partial charge on any atom is -0.235 e. The highest BCUT2D eigenvalue weighted by Gasteiger charge is 2.60. The van der Waals surface area contributed by atoms with E-state index in [-0.39, 0.29) is 9.49 Å². The molecule has 4 heterocycles. The molecule has 0 fully saturated rings. The number of hydrogen-bond donors (Lipinski definition) is 0. The fraction of sp³-hybridized carbons (Fsp3) is 0.129. The Morgan fingerprint density at radius 2 is 1.17 bits per heavy atom. The molecule has 174 valence electrons. The minimum absolute atomic E-state index is 0.0723. The first-order valence-corrected chi connectivity index (χ1v) is 15.3. The third-order valence-corrected chi connectivity index (χ3v) is 13.5. The molecule has 2 aliphatic heterocycles. The van der Waals surface area contributed by atoms with Gasteiger partial charge >= 0.3 is 0 Å². The minimum atomic E-state index is -0.0985. The maximum Gasteiger partial charge on any atom is 0.134 e. The summed E-state index contributed by atoms with van der Waals surface area (Å²) in [6.45, 7) is 4.92. The number of thioether (sulfide) groups is 2. The van der Waals surface area contributed by atoms with Crippen molar-refractivity contribution < 1.29 is 0 Å². The molecule has 0 N–H and O–H groups in total. The van der Waals surface area contributed by atoms with Crippen LogP contribution in [0.5, 0.6) is 0 Å². The Morgan fingerprint density at radius 1 is 0.583 bits per heavy atom. The van der Waals surface area contributed by atoms with Crippen molar-refractivity contribution in [3.05, 3.63) is 112 Å². The number of hydrogen-bond acceptors (Lipinski definition) is 5. The van der Waals surface area contributed by atoms with Gasteiger partial charge in [0.25, 0.3) is 0 Å². The first-order chi connectivity index (χ1) is 17.6. The van der Waals surface area contributed by atoms with Crippen LogP contribution in [0, 0.1) is 0 Å². The molecule has 0 amide bonds. The van der Waals surface area contributed by atoms with Gasteiger partial charge in [-0.25, -0.2) is 4.98 Å². The molecule has 2 unspecified atom stereocenters. The molecule has 2 atom stereocenters. The Morgan fingerprint density at radius 3 is 1.89 bits per heavy atom. The van der Waals surface area contributed by atoms with Crippen LogP contribution in [-0.4, -0.2) is 14.5 Å². The van der Waals surface area contributed by atoms with Gasteiger partial charge < -0.3 is 0 Å². The summed E-state index contributed by atoms with van der Waals surface area (Å²) in [6.07, 6.45) is 0. The summed E-state index contributed by atoms with van der Waals surface area (Å²) >= 11 is 7.79. The van der Waals surface area contributed by atoms with E-state index in [1.165, 1.54) is 57.3 Å². The van der Waals surface area contributed by atoms with Crippen LogP contribution in [0.3, 0.4) is 0 Å². The van der Waals surface area contributed by atoms with Crippen LogP contribution < -0.4 is 9.88 Å². The van der Waals surface area contributed by atoms with E-state index < -0.39 is 0 Å². The van der Waals surface area contributed by atoms with Gasteiger partial charge in [0.15, 0.2) is 0 Å². The number of benzene rings is 3. The molecule has 36 heavy (non-hydrogen) atoms. The summed E-state index contributed by atoms with van der Waals surface area (Å²) in [5, 5.41) is 2.32. The van der Waals surface area contributed by atoms with Gasteiger partial charge in [0.1, 0.15) is 5.01 Å². The van der Waals surface area contributed by atoms with Crippen LogP contribution in [0.2, 0.25) is 0 Å². The molecular weight excluding hydrogens is 515 g/mol. The van der Waals surface area contributed by atoms with E-state index >= 15 is 0 Å². The molecular formula is C31H21NS4. The molecule has 0 radical (unpaired) electrons. The zero-order chi connectivity index (χ0) is 24.1. The number of aromatic nitrogens is 1. The molecule has 1 aliphatic carbocycles. The number of nitrogens with zero attached hydrogens (tertiary/aromatic N) is 1. The molecule has 5 aromatic rings. The fourth-order valence-corrected chi connectivity index (χ4v) is 11.5. The second-order valence-corrected chi connectivity index (χ2v) is 14.7. The summed E-state index contributed by atoms with van der Waals surface area (Å²) in [4.78, 5) is 10.7. The molecule has 0 spiro atoms. The van der Waals surface area contributed by atoms with Gasteiger partial charge in [0.05, 0.1) is 24.3 Å². The van der Waals surface area contributed by atoms with Crippen molar-refractivity contribution in [2.24, 2.45) is 0 Å². The predicted octanol–water partition coefficient (Wildman–Crippen LogP) is 7.68. The van der Waals surface area contributed by atoms with Crippen LogP contribution in [0.1, 0.15) is 25.0 Å². The summed E-state index contributed by atoms with van der Waals surface area (Å²) < 4.78 is 1.18. The first-order valence-electron chi connectivity index (χ1n) is 12.1. The fourth-order valence-electron chi connectivity index (χ4n) is 5.92. The lowest BCUT2D eigenvalue weighted by atomic mass is 9.75. The van der Waals surface area contributed by atoms with Gasteiger partial charge in [-0.05, 0) is 60.4 Å². The summed E-state index contributed by atoms with van der Waals surface area (Å²) in [6, 6.07) is 33.0. The molecule has 8 rings (SSSR count). The summed E-state index contributed by atoms with van der Waals surface area (Å²) in [5.74, 6) is 0. The second-order valence-electron chi connectivity index (χ2n) is 9.74.